The second-order valence-corrected chi connectivity index (χ2v) is 9.02. The van der Waals surface area contributed by atoms with Gasteiger partial charge >= 0.3 is 0 Å². The number of nitrogens with one attached hydrogen (secondary N) is 3. The van der Waals surface area contributed by atoms with Gasteiger partial charge in [0.05, 0.1) is 23.7 Å². The molecule has 9 nitrogen and oxygen atoms in total. The zero-order valence-corrected chi connectivity index (χ0v) is 20.2. The van der Waals surface area contributed by atoms with Gasteiger partial charge in [-0.05, 0) is 43.4 Å². The first-order valence-corrected chi connectivity index (χ1v) is 12.0. The van der Waals surface area contributed by atoms with Crippen molar-refractivity contribution in [3.05, 3.63) is 59.2 Å². The molecule has 2 amide bonds. The third-order valence-corrected chi connectivity index (χ3v) is 6.57. The average molecular weight is 520 g/mol. The first-order valence-electron chi connectivity index (χ1n) is 11.2. The van der Waals surface area contributed by atoms with Gasteiger partial charge in [-0.1, -0.05) is 0 Å². The summed E-state index contributed by atoms with van der Waals surface area (Å²) in [5.74, 6) is -2.71. The fourth-order valence-corrected chi connectivity index (χ4v) is 4.60. The van der Waals surface area contributed by atoms with E-state index in [1.165, 1.54) is 18.5 Å². The van der Waals surface area contributed by atoms with Crippen molar-refractivity contribution in [1.29, 1.82) is 0 Å². The number of benzene rings is 1. The zero-order valence-electron chi connectivity index (χ0n) is 19.4. The Morgan fingerprint density at radius 3 is 2.56 bits per heavy atom. The molecule has 1 aliphatic rings. The maximum absolute atomic E-state index is 13.5. The number of anilines is 3. The molecule has 36 heavy (non-hydrogen) atoms. The maximum Gasteiger partial charge on any atom is 0.271 e. The van der Waals surface area contributed by atoms with Crippen molar-refractivity contribution in [3.8, 4) is 0 Å². The number of alkyl halides is 1. The molecule has 1 fully saturated rings. The minimum Gasteiger partial charge on any atom is -0.348 e. The molecule has 0 spiro atoms. The number of nitrogens with zero attached hydrogens (tertiary/aromatic N) is 4. The van der Waals surface area contributed by atoms with E-state index in [4.69, 9.17) is 0 Å². The van der Waals surface area contributed by atoms with Gasteiger partial charge in [-0.2, -0.15) is 4.37 Å². The Morgan fingerprint density at radius 2 is 1.89 bits per heavy atom. The summed E-state index contributed by atoms with van der Waals surface area (Å²) in [5, 5.41) is 8.79. The first-order chi connectivity index (χ1) is 17.3. The maximum atomic E-state index is 13.5. The largest absolute Gasteiger partial charge is 0.348 e. The van der Waals surface area contributed by atoms with Crippen LogP contribution in [0, 0.1) is 18.6 Å². The SMILES string of the molecule is Cc1nsc(Nc2cnc(C(=O)NC3CCN(CCF)CC3)cn2)c1C(=O)Nc1ccc(F)c(F)c1. The van der Waals surface area contributed by atoms with Crippen LogP contribution in [0.1, 0.15) is 39.4 Å². The van der Waals surface area contributed by atoms with Gasteiger partial charge in [0.2, 0.25) is 0 Å². The molecule has 3 N–H and O–H groups in total. The lowest BCUT2D eigenvalue weighted by molar-refractivity contribution is 0.0903. The predicted molar refractivity (Wildman–Crippen MR) is 129 cm³/mol. The van der Waals surface area contributed by atoms with Gasteiger partial charge in [0.25, 0.3) is 11.8 Å². The van der Waals surface area contributed by atoms with Crippen molar-refractivity contribution in [3.63, 3.8) is 0 Å². The van der Waals surface area contributed by atoms with E-state index in [0.717, 1.165) is 49.6 Å². The number of carbonyl (C=O) groups excluding carboxylic acids is 2. The van der Waals surface area contributed by atoms with Gasteiger partial charge in [-0.3, -0.25) is 9.59 Å². The van der Waals surface area contributed by atoms with Crippen LogP contribution >= 0.6 is 11.5 Å². The summed E-state index contributed by atoms with van der Waals surface area (Å²) in [6.45, 7) is 3.12. The summed E-state index contributed by atoms with van der Waals surface area (Å²) in [5.41, 5.74) is 0.888. The van der Waals surface area contributed by atoms with Crippen molar-refractivity contribution in [2.24, 2.45) is 0 Å². The molecular formula is C23H24F3N7O2S. The molecule has 0 saturated carbocycles. The van der Waals surface area contributed by atoms with E-state index in [9.17, 15) is 22.8 Å². The number of carbonyl (C=O) groups is 2. The van der Waals surface area contributed by atoms with E-state index in [1.807, 2.05) is 4.90 Å². The molecule has 1 saturated heterocycles. The lowest BCUT2D eigenvalue weighted by atomic mass is 10.0. The minimum atomic E-state index is -1.08. The molecule has 0 radical (unpaired) electrons. The first kappa shape index (κ1) is 25.5. The molecule has 1 aliphatic heterocycles. The van der Waals surface area contributed by atoms with Crippen LogP contribution < -0.4 is 16.0 Å². The molecule has 0 atom stereocenters. The number of hydrogen-bond donors (Lipinski definition) is 3. The van der Waals surface area contributed by atoms with Crippen LogP contribution in [0.2, 0.25) is 0 Å². The summed E-state index contributed by atoms with van der Waals surface area (Å²) in [6, 6.07) is 3.05. The van der Waals surface area contributed by atoms with E-state index in [0.29, 0.717) is 17.2 Å². The third-order valence-electron chi connectivity index (χ3n) is 5.72. The molecule has 1 aromatic carbocycles. The van der Waals surface area contributed by atoms with E-state index in [1.54, 1.807) is 6.92 Å². The number of hydrogen-bond acceptors (Lipinski definition) is 8. The molecule has 2 aromatic heterocycles. The van der Waals surface area contributed by atoms with Crippen LogP contribution in [-0.2, 0) is 0 Å². The molecule has 13 heteroatoms. The Balaban J connectivity index is 1.37. The van der Waals surface area contributed by atoms with Crippen molar-refractivity contribution in [1.82, 2.24) is 24.6 Å². The molecule has 3 aromatic rings. The number of halogens is 3. The number of aromatic nitrogens is 3. The summed E-state index contributed by atoms with van der Waals surface area (Å²) < 4.78 is 43.3. The minimum absolute atomic E-state index is 0.0104. The smallest absolute Gasteiger partial charge is 0.271 e. The highest BCUT2D eigenvalue weighted by Gasteiger charge is 2.22. The molecule has 0 unspecified atom stereocenters. The highest BCUT2D eigenvalue weighted by molar-refractivity contribution is 7.10. The van der Waals surface area contributed by atoms with Crippen LogP contribution in [0.4, 0.5) is 29.7 Å². The van der Waals surface area contributed by atoms with Crippen LogP contribution in [0.15, 0.2) is 30.6 Å². The summed E-state index contributed by atoms with van der Waals surface area (Å²) in [6.07, 6.45) is 4.16. The number of piperidine rings is 1. The average Bonchev–Trinajstić information content (AvgIpc) is 3.23. The standard InChI is InChI=1S/C23H24F3N7O2S/c1-13-20(22(35)30-15-2-3-16(25)17(26)10-15)23(36-32-13)31-19-12-27-18(11-28-19)21(34)29-14-4-7-33(8-5-14)9-6-24/h2-3,10-12,14H,4-9H2,1H3,(H,28,31)(H,29,34)(H,30,35). The highest BCUT2D eigenvalue weighted by atomic mass is 32.1. The molecular weight excluding hydrogens is 495 g/mol. The van der Waals surface area contributed by atoms with Crippen molar-refractivity contribution >= 4 is 39.9 Å². The van der Waals surface area contributed by atoms with E-state index in [-0.39, 0.29) is 41.4 Å². The van der Waals surface area contributed by atoms with E-state index in [2.05, 4.69) is 30.3 Å². The normalized spacial score (nSPS) is 14.4. The Labute approximate surface area is 209 Å². The number of likely N-dealkylation sites (tertiary alicyclic amines) is 1. The van der Waals surface area contributed by atoms with Gasteiger partial charge in [-0.15, -0.1) is 0 Å². The summed E-state index contributed by atoms with van der Waals surface area (Å²) >= 11 is 1.02. The molecule has 4 rings (SSSR count). The highest BCUT2D eigenvalue weighted by Crippen LogP contribution is 2.28. The van der Waals surface area contributed by atoms with Crippen LogP contribution in [0.5, 0.6) is 0 Å². The molecule has 0 aliphatic carbocycles. The fraction of sp³-hybridized carbons (Fsp3) is 0.348. The van der Waals surface area contributed by atoms with Crippen molar-refractivity contribution < 1.29 is 22.8 Å². The van der Waals surface area contributed by atoms with E-state index < -0.39 is 17.5 Å². The predicted octanol–water partition coefficient (Wildman–Crippen LogP) is 3.68. The van der Waals surface area contributed by atoms with Crippen LogP contribution in [0.25, 0.3) is 0 Å². The number of aryl methyl sites for hydroxylation is 1. The fourth-order valence-electron chi connectivity index (χ4n) is 3.80. The summed E-state index contributed by atoms with van der Waals surface area (Å²) in [4.78, 5) is 35.7. The molecule has 190 valence electrons. The van der Waals surface area contributed by atoms with Crippen molar-refractivity contribution in [2.75, 3.05) is 36.9 Å². The Bertz CT molecular complexity index is 1230. The number of amides is 2. The second-order valence-electron chi connectivity index (χ2n) is 8.25. The second kappa shape index (κ2) is 11.4. The summed E-state index contributed by atoms with van der Waals surface area (Å²) in [7, 11) is 0. The van der Waals surface area contributed by atoms with E-state index >= 15 is 0 Å². The topological polar surface area (TPSA) is 112 Å². The van der Waals surface area contributed by atoms with Gasteiger partial charge in [0.15, 0.2) is 11.6 Å². The third kappa shape index (κ3) is 6.15. The van der Waals surface area contributed by atoms with Crippen LogP contribution in [-0.4, -0.2) is 63.4 Å². The van der Waals surface area contributed by atoms with Crippen molar-refractivity contribution in [2.45, 2.75) is 25.8 Å². The molecule has 0 bridgehead atoms. The Kier molecular flexibility index (Phi) is 8.10. The Hall–Kier alpha value is -3.58. The molecule has 3 heterocycles. The van der Waals surface area contributed by atoms with Gasteiger partial charge in [0.1, 0.15) is 23.2 Å². The van der Waals surface area contributed by atoms with Gasteiger partial charge < -0.3 is 20.9 Å². The van der Waals surface area contributed by atoms with Crippen LogP contribution in [0.3, 0.4) is 0 Å². The quantitative estimate of drug-likeness (QED) is 0.416. The van der Waals surface area contributed by atoms with Gasteiger partial charge in [0, 0.05) is 37.4 Å². The van der Waals surface area contributed by atoms with Gasteiger partial charge in [-0.25, -0.2) is 23.1 Å². The zero-order chi connectivity index (χ0) is 25.7. The lowest BCUT2D eigenvalue weighted by Gasteiger charge is -2.31. The monoisotopic (exact) mass is 519 g/mol. The Morgan fingerprint density at radius 1 is 1.11 bits per heavy atom. The number of rotatable bonds is 8. The lowest BCUT2D eigenvalue weighted by Crippen LogP contribution is -2.45.